The lowest BCUT2D eigenvalue weighted by molar-refractivity contribution is 0.605. The Morgan fingerprint density at radius 3 is 2.56 bits per heavy atom. The van der Waals surface area contributed by atoms with Gasteiger partial charge in [0.2, 0.25) is 0 Å². The van der Waals surface area contributed by atoms with E-state index in [1.54, 1.807) is 0 Å². The lowest BCUT2D eigenvalue weighted by Gasteiger charge is -2.15. The van der Waals surface area contributed by atoms with Gasteiger partial charge in [0.1, 0.15) is 0 Å². The molecule has 0 aromatic heterocycles. The molecule has 2 unspecified atom stereocenters. The minimum absolute atomic E-state index is 0.360. The van der Waals surface area contributed by atoms with Crippen LogP contribution in [-0.2, 0) is 6.32 Å². The van der Waals surface area contributed by atoms with Crippen LogP contribution in [0.4, 0.5) is 0 Å². The van der Waals surface area contributed by atoms with Crippen molar-refractivity contribution in [3.8, 4) is 0 Å². The Labute approximate surface area is 98.3 Å². The molecule has 0 aliphatic carbocycles. The Bertz CT molecular complexity index is 363. The first-order chi connectivity index (χ1) is 7.66. The van der Waals surface area contributed by atoms with Crippen LogP contribution in [0.25, 0.3) is 0 Å². The summed E-state index contributed by atoms with van der Waals surface area (Å²) in [6.45, 7) is 8.68. The summed E-state index contributed by atoms with van der Waals surface area (Å²) in [5, 5.41) is 7.14. The van der Waals surface area contributed by atoms with E-state index < -0.39 is 0 Å². The first kappa shape index (κ1) is 11.4. The SMILES string of the molecule is C=C(C)C1NB(Cc2ccccc2)NC1C. The maximum atomic E-state index is 4.03. The Hall–Kier alpha value is -1.06. The minimum atomic E-state index is 0.360. The van der Waals surface area contributed by atoms with Gasteiger partial charge in [0, 0.05) is 12.1 Å². The summed E-state index contributed by atoms with van der Waals surface area (Å²) >= 11 is 0. The van der Waals surface area contributed by atoms with E-state index in [0.717, 1.165) is 6.32 Å². The molecule has 2 atom stereocenters. The maximum Gasteiger partial charge on any atom is 0.310 e. The molecule has 0 radical (unpaired) electrons. The van der Waals surface area contributed by atoms with E-state index in [1.165, 1.54) is 11.1 Å². The van der Waals surface area contributed by atoms with Gasteiger partial charge in [0.25, 0.3) is 0 Å². The first-order valence-corrected chi connectivity index (χ1v) is 5.88. The zero-order chi connectivity index (χ0) is 11.5. The third-order valence-electron chi connectivity index (χ3n) is 3.16. The highest BCUT2D eigenvalue weighted by Crippen LogP contribution is 2.12. The van der Waals surface area contributed by atoms with Crippen molar-refractivity contribution in [1.29, 1.82) is 0 Å². The molecule has 2 N–H and O–H groups in total. The van der Waals surface area contributed by atoms with Gasteiger partial charge in [-0.1, -0.05) is 48.0 Å². The third kappa shape index (κ3) is 2.54. The smallest absolute Gasteiger partial charge is 0.310 e. The number of hydrogen-bond acceptors (Lipinski definition) is 2. The topological polar surface area (TPSA) is 24.1 Å². The highest BCUT2D eigenvalue weighted by Gasteiger charge is 2.32. The van der Waals surface area contributed by atoms with Crippen LogP contribution in [-0.4, -0.2) is 19.1 Å². The van der Waals surface area contributed by atoms with E-state index in [9.17, 15) is 0 Å². The highest BCUT2D eigenvalue weighted by molar-refractivity contribution is 6.53. The zero-order valence-electron chi connectivity index (χ0n) is 10.0. The molecule has 0 spiro atoms. The molecule has 3 heteroatoms. The zero-order valence-corrected chi connectivity index (χ0v) is 10.0. The second-order valence-electron chi connectivity index (χ2n) is 4.69. The van der Waals surface area contributed by atoms with Gasteiger partial charge in [-0.3, -0.25) is 0 Å². The van der Waals surface area contributed by atoms with Gasteiger partial charge in [-0.15, -0.1) is 0 Å². The molecule has 1 aliphatic heterocycles. The van der Waals surface area contributed by atoms with Gasteiger partial charge in [0.15, 0.2) is 0 Å². The summed E-state index contributed by atoms with van der Waals surface area (Å²) in [5.74, 6) is 0. The van der Waals surface area contributed by atoms with E-state index in [1.807, 2.05) is 0 Å². The Balaban J connectivity index is 1.96. The Kier molecular flexibility index (Phi) is 3.47. The summed E-state index contributed by atoms with van der Waals surface area (Å²) < 4.78 is 0. The molecular formula is C13H19BN2. The molecular weight excluding hydrogens is 195 g/mol. The van der Waals surface area contributed by atoms with Gasteiger partial charge in [-0.25, -0.2) is 0 Å². The molecule has 1 fully saturated rings. The fourth-order valence-corrected chi connectivity index (χ4v) is 2.36. The predicted octanol–water partition coefficient (Wildman–Crippen LogP) is 1.78. The van der Waals surface area contributed by atoms with Crippen molar-refractivity contribution in [1.82, 2.24) is 10.5 Å². The van der Waals surface area contributed by atoms with E-state index in [2.05, 4.69) is 61.2 Å². The predicted molar refractivity (Wildman–Crippen MR) is 70.2 cm³/mol. The molecule has 1 aromatic carbocycles. The van der Waals surface area contributed by atoms with E-state index in [-0.39, 0.29) is 0 Å². The standard InChI is InChI=1S/C13H19BN2/c1-10(2)13-11(3)15-14(16-13)9-12-7-5-4-6-8-12/h4-8,11,13,15-16H,1,9H2,2-3H3. The van der Waals surface area contributed by atoms with Crippen molar-refractivity contribution in [3.05, 3.63) is 48.0 Å². The van der Waals surface area contributed by atoms with Crippen molar-refractivity contribution in [3.63, 3.8) is 0 Å². The molecule has 2 nitrogen and oxygen atoms in total. The van der Waals surface area contributed by atoms with Gasteiger partial charge < -0.3 is 10.5 Å². The van der Waals surface area contributed by atoms with Crippen molar-refractivity contribution in [2.75, 3.05) is 0 Å². The van der Waals surface area contributed by atoms with Gasteiger partial charge in [0.05, 0.1) is 0 Å². The van der Waals surface area contributed by atoms with Crippen molar-refractivity contribution in [2.24, 2.45) is 0 Å². The second kappa shape index (κ2) is 4.85. The fraction of sp³-hybridized carbons (Fsp3) is 0.385. The second-order valence-corrected chi connectivity index (χ2v) is 4.69. The van der Waals surface area contributed by atoms with Crippen LogP contribution in [0.3, 0.4) is 0 Å². The third-order valence-corrected chi connectivity index (χ3v) is 3.16. The molecule has 1 aromatic rings. The van der Waals surface area contributed by atoms with Crippen LogP contribution in [0.5, 0.6) is 0 Å². The van der Waals surface area contributed by atoms with E-state index in [4.69, 9.17) is 0 Å². The molecule has 0 saturated carbocycles. The van der Waals surface area contributed by atoms with Gasteiger partial charge in [-0.05, 0) is 20.2 Å². The van der Waals surface area contributed by atoms with Gasteiger partial charge in [-0.2, -0.15) is 0 Å². The lowest BCUT2D eigenvalue weighted by atomic mass is 9.71. The van der Waals surface area contributed by atoms with Crippen molar-refractivity contribution in [2.45, 2.75) is 32.3 Å². The van der Waals surface area contributed by atoms with E-state index in [0.29, 0.717) is 19.1 Å². The fourth-order valence-electron chi connectivity index (χ4n) is 2.36. The summed E-state index contributed by atoms with van der Waals surface area (Å²) in [5.41, 5.74) is 2.57. The Morgan fingerprint density at radius 2 is 2.00 bits per heavy atom. The minimum Gasteiger partial charge on any atom is -0.338 e. The molecule has 1 aliphatic rings. The van der Waals surface area contributed by atoms with Crippen molar-refractivity contribution >= 4 is 6.98 Å². The van der Waals surface area contributed by atoms with Crippen LogP contribution < -0.4 is 10.5 Å². The monoisotopic (exact) mass is 214 g/mol. The van der Waals surface area contributed by atoms with Crippen molar-refractivity contribution < 1.29 is 0 Å². The van der Waals surface area contributed by atoms with Crippen LogP contribution in [0.15, 0.2) is 42.5 Å². The summed E-state index contributed by atoms with van der Waals surface area (Å²) in [6.07, 6.45) is 1.02. The molecule has 0 amide bonds. The van der Waals surface area contributed by atoms with E-state index >= 15 is 0 Å². The summed E-state index contributed by atoms with van der Waals surface area (Å²) in [6, 6.07) is 11.4. The maximum absolute atomic E-state index is 4.03. The number of nitrogens with one attached hydrogen (secondary N) is 2. The normalized spacial score (nSPS) is 24.8. The largest absolute Gasteiger partial charge is 0.338 e. The molecule has 0 bridgehead atoms. The summed E-state index contributed by atoms with van der Waals surface area (Å²) in [7, 11) is 0. The van der Waals surface area contributed by atoms with Crippen LogP contribution in [0, 0.1) is 0 Å². The molecule has 84 valence electrons. The molecule has 1 heterocycles. The number of rotatable bonds is 3. The van der Waals surface area contributed by atoms with Crippen LogP contribution in [0.1, 0.15) is 19.4 Å². The molecule has 1 saturated heterocycles. The van der Waals surface area contributed by atoms with Crippen LogP contribution >= 0.6 is 0 Å². The number of hydrogen-bond donors (Lipinski definition) is 2. The highest BCUT2D eigenvalue weighted by atomic mass is 15.1. The summed E-state index contributed by atoms with van der Waals surface area (Å²) in [4.78, 5) is 0. The number of benzene rings is 1. The average molecular weight is 214 g/mol. The van der Waals surface area contributed by atoms with Gasteiger partial charge >= 0.3 is 6.98 Å². The van der Waals surface area contributed by atoms with Crippen LogP contribution in [0.2, 0.25) is 0 Å². The quantitative estimate of drug-likeness (QED) is 0.592. The first-order valence-electron chi connectivity index (χ1n) is 5.88. The molecule has 2 rings (SSSR count). The molecule has 16 heavy (non-hydrogen) atoms. The average Bonchev–Trinajstić information content (AvgIpc) is 2.61. The lowest BCUT2D eigenvalue weighted by Crippen LogP contribution is -2.41. The Morgan fingerprint density at radius 1 is 1.31 bits per heavy atom.